The normalized spacial score (nSPS) is 26.5. The van der Waals surface area contributed by atoms with Crippen LogP contribution in [0.4, 0.5) is 0 Å². The minimum absolute atomic E-state index is 0.550. The number of rotatable bonds is 10. The van der Waals surface area contributed by atoms with Gasteiger partial charge < -0.3 is 9.38 Å². The van der Waals surface area contributed by atoms with Gasteiger partial charge in [-0.1, -0.05) is 94.4 Å². The van der Waals surface area contributed by atoms with E-state index in [4.69, 9.17) is 0 Å². The molecule has 0 aromatic carbocycles. The Balaban J connectivity index is 0. The zero-order valence-corrected chi connectivity index (χ0v) is 27.2. The van der Waals surface area contributed by atoms with Crippen molar-refractivity contribution in [2.75, 3.05) is 39.8 Å². The molecule has 2 fully saturated rings. The third kappa shape index (κ3) is 19.7. The van der Waals surface area contributed by atoms with Crippen LogP contribution in [0.2, 0.25) is 0 Å². The molecule has 2 heteroatoms. The summed E-state index contributed by atoms with van der Waals surface area (Å²) in [6, 6.07) is 0.831. The molecular formula is C33H74N2+2. The summed E-state index contributed by atoms with van der Waals surface area (Å²) in [7, 11) is 2.51. The van der Waals surface area contributed by atoms with Gasteiger partial charge in [-0.2, -0.15) is 0 Å². The summed E-state index contributed by atoms with van der Waals surface area (Å²) in [5.41, 5.74) is 0.550. The highest BCUT2D eigenvalue weighted by atomic mass is 15.3. The molecule has 2 saturated heterocycles. The van der Waals surface area contributed by atoms with E-state index in [0.717, 1.165) is 17.9 Å². The maximum atomic E-state index is 2.51. The Morgan fingerprint density at radius 2 is 1.23 bits per heavy atom. The van der Waals surface area contributed by atoms with E-state index in [-0.39, 0.29) is 0 Å². The summed E-state index contributed by atoms with van der Waals surface area (Å²) in [5, 5.41) is 0. The first kappa shape index (κ1) is 37.1. The third-order valence-electron chi connectivity index (χ3n) is 8.24. The fraction of sp³-hybridized carbons (Fsp3) is 1.00. The zero-order valence-electron chi connectivity index (χ0n) is 27.2. The lowest BCUT2D eigenvalue weighted by molar-refractivity contribution is -0.927. The van der Waals surface area contributed by atoms with Crippen LogP contribution < -0.4 is 4.90 Å². The number of hydrogen-bond donors (Lipinski definition) is 1. The standard InChI is InChI=1S/C22H45N2.C7H16.2C2H6/c1-5-6-7-17-24(4)18-13-22(14-19-24)10-8-9-21-11-15-23(16-12-21)20(2)3;1-5-6-7(2,3)4;2*1-2/h20-22H,5-19H2,1-4H3;5-6H2,1-4H3;2*1-2H3/q+1;;;/p+1. The highest BCUT2D eigenvalue weighted by Crippen LogP contribution is 2.28. The van der Waals surface area contributed by atoms with Crippen molar-refractivity contribution < 1.29 is 9.38 Å². The Bertz CT molecular complexity index is 421. The summed E-state index contributed by atoms with van der Waals surface area (Å²) in [6.45, 7) is 31.3. The lowest BCUT2D eigenvalue weighted by Gasteiger charge is -2.41. The molecule has 1 N–H and O–H groups in total. The maximum absolute atomic E-state index is 2.51. The fourth-order valence-electron chi connectivity index (χ4n) is 5.86. The van der Waals surface area contributed by atoms with Crippen LogP contribution in [0.5, 0.6) is 0 Å². The van der Waals surface area contributed by atoms with E-state index in [1.54, 1.807) is 0 Å². The predicted molar refractivity (Wildman–Crippen MR) is 163 cm³/mol. The summed E-state index contributed by atoms with van der Waals surface area (Å²) < 4.78 is 1.37. The molecule has 2 nitrogen and oxygen atoms in total. The quantitative estimate of drug-likeness (QED) is 0.227. The molecule has 0 amide bonds. The fourth-order valence-corrected chi connectivity index (χ4v) is 5.86. The third-order valence-corrected chi connectivity index (χ3v) is 8.24. The van der Waals surface area contributed by atoms with Crippen LogP contribution in [0.1, 0.15) is 153 Å². The SMILES string of the molecule is CC.CC.CCCC(C)(C)C.CCCCC[N+]1(C)CCC(CCCC2CC[NH+](C(C)C)CC2)CC1. The molecule has 2 aliphatic rings. The van der Waals surface area contributed by atoms with Crippen molar-refractivity contribution in [3.8, 4) is 0 Å². The molecular weight excluding hydrogens is 424 g/mol. The minimum atomic E-state index is 0.550. The molecule has 0 bridgehead atoms. The Morgan fingerprint density at radius 1 is 0.743 bits per heavy atom. The van der Waals surface area contributed by atoms with Gasteiger partial charge in [0.15, 0.2) is 0 Å². The molecule has 0 atom stereocenters. The molecule has 2 aliphatic heterocycles. The van der Waals surface area contributed by atoms with E-state index in [1.165, 1.54) is 114 Å². The van der Waals surface area contributed by atoms with Crippen LogP contribution in [0, 0.1) is 17.3 Å². The van der Waals surface area contributed by atoms with E-state index < -0.39 is 0 Å². The molecule has 0 aromatic heterocycles. The smallest absolute Gasteiger partial charge is 0.0817 e. The molecule has 2 rings (SSSR count). The van der Waals surface area contributed by atoms with Crippen LogP contribution in [0.3, 0.4) is 0 Å². The van der Waals surface area contributed by atoms with E-state index in [0.29, 0.717) is 5.41 Å². The monoisotopic (exact) mass is 499 g/mol. The van der Waals surface area contributed by atoms with E-state index in [2.05, 4.69) is 55.5 Å². The van der Waals surface area contributed by atoms with Crippen LogP contribution in [-0.4, -0.2) is 50.3 Å². The van der Waals surface area contributed by atoms with Crippen molar-refractivity contribution >= 4 is 0 Å². The largest absolute Gasteiger partial charge is 0.333 e. The molecule has 214 valence electrons. The van der Waals surface area contributed by atoms with Crippen molar-refractivity contribution in [1.29, 1.82) is 0 Å². The second-order valence-corrected chi connectivity index (χ2v) is 12.9. The zero-order chi connectivity index (χ0) is 27.3. The first-order valence-corrected chi connectivity index (χ1v) is 16.3. The van der Waals surface area contributed by atoms with Crippen LogP contribution in [0.25, 0.3) is 0 Å². The first-order valence-electron chi connectivity index (χ1n) is 16.3. The van der Waals surface area contributed by atoms with Crippen LogP contribution in [-0.2, 0) is 0 Å². The highest BCUT2D eigenvalue weighted by Gasteiger charge is 2.29. The number of hydrogen-bond acceptors (Lipinski definition) is 0. The molecule has 0 unspecified atom stereocenters. The molecule has 0 radical (unpaired) electrons. The van der Waals surface area contributed by atoms with Crippen molar-refractivity contribution in [3.05, 3.63) is 0 Å². The van der Waals surface area contributed by atoms with E-state index in [1.807, 2.05) is 32.6 Å². The van der Waals surface area contributed by atoms with Crippen molar-refractivity contribution in [2.24, 2.45) is 17.3 Å². The number of quaternary nitrogens is 2. The lowest BCUT2D eigenvalue weighted by atomic mass is 9.86. The second-order valence-electron chi connectivity index (χ2n) is 12.9. The first-order chi connectivity index (χ1) is 16.6. The van der Waals surface area contributed by atoms with Gasteiger partial charge in [0.05, 0.1) is 45.8 Å². The second kappa shape index (κ2) is 22.0. The van der Waals surface area contributed by atoms with Crippen LogP contribution in [0.15, 0.2) is 0 Å². The summed E-state index contributed by atoms with van der Waals surface area (Å²) >= 11 is 0. The van der Waals surface area contributed by atoms with Crippen LogP contribution >= 0.6 is 0 Å². The molecule has 0 aliphatic carbocycles. The average molecular weight is 499 g/mol. The van der Waals surface area contributed by atoms with Crippen molar-refractivity contribution in [2.45, 2.75) is 159 Å². The Morgan fingerprint density at radius 3 is 1.60 bits per heavy atom. The highest BCUT2D eigenvalue weighted by molar-refractivity contribution is 4.68. The Hall–Kier alpha value is -0.0800. The Kier molecular flexibility index (Phi) is 23.3. The molecule has 2 heterocycles. The van der Waals surface area contributed by atoms with Gasteiger partial charge >= 0.3 is 0 Å². The molecule has 0 saturated carbocycles. The van der Waals surface area contributed by atoms with Gasteiger partial charge in [-0.3, -0.25) is 0 Å². The maximum Gasteiger partial charge on any atom is 0.0817 e. The average Bonchev–Trinajstić information content (AvgIpc) is 2.83. The number of piperidine rings is 2. The minimum Gasteiger partial charge on any atom is -0.333 e. The number of likely N-dealkylation sites (tertiary alicyclic amines) is 2. The van der Waals surface area contributed by atoms with Crippen molar-refractivity contribution in [1.82, 2.24) is 0 Å². The molecule has 0 aromatic rings. The topological polar surface area (TPSA) is 4.44 Å². The van der Waals surface area contributed by atoms with E-state index >= 15 is 0 Å². The summed E-state index contributed by atoms with van der Waals surface area (Å²) in [6.07, 6.45) is 17.4. The summed E-state index contributed by atoms with van der Waals surface area (Å²) in [4.78, 5) is 1.85. The number of nitrogens with one attached hydrogen (secondary N) is 1. The van der Waals surface area contributed by atoms with Gasteiger partial charge in [-0.15, -0.1) is 0 Å². The number of nitrogens with zero attached hydrogens (tertiary/aromatic N) is 1. The number of unbranched alkanes of at least 4 members (excludes halogenated alkanes) is 2. The Labute approximate surface area is 225 Å². The molecule has 0 spiro atoms. The van der Waals surface area contributed by atoms with Gasteiger partial charge in [0.2, 0.25) is 0 Å². The van der Waals surface area contributed by atoms with Gasteiger partial charge in [0.25, 0.3) is 0 Å². The van der Waals surface area contributed by atoms with Gasteiger partial charge in [-0.05, 0) is 76.0 Å². The predicted octanol–water partition coefficient (Wildman–Crippen LogP) is 8.79. The van der Waals surface area contributed by atoms with Gasteiger partial charge in [0.1, 0.15) is 0 Å². The van der Waals surface area contributed by atoms with Crippen molar-refractivity contribution in [3.63, 3.8) is 0 Å². The summed E-state index contributed by atoms with van der Waals surface area (Å²) in [5.74, 6) is 2.09. The lowest BCUT2D eigenvalue weighted by Crippen LogP contribution is -3.15. The van der Waals surface area contributed by atoms with Gasteiger partial charge in [0, 0.05) is 0 Å². The van der Waals surface area contributed by atoms with E-state index in [9.17, 15) is 0 Å². The van der Waals surface area contributed by atoms with Gasteiger partial charge in [-0.25, -0.2) is 0 Å². The molecule has 35 heavy (non-hydrogen) atoms.